The number of benzene rings is 3. The Balaban J connectivity index is 1.79. The van der Waals surface area contributed by atoms with Crippen LogP contribution in [0.25, 0.3) is 6.08 Å². The quantitative estimate of drug-likeness (QED) is 0.560. The number of ether oxygens (including phenoxy) is 1. The van der Waals surface area contributed by atoms with Gasteiger partial charge in [0.2, 0.25) is 5.91 Å². The monoisotopic (exact) mass is 385 g/mol. The Labute approximate surface area is 173 Å². The Morgan fingerprint density at radius 3 is 2.17 bits per heavy atom. The van der Waals surface area contributed by atoms with E-state index in [0.717, 1.165) is 22.4 Å². The van der Waals surface area contributed by atoms with E-state index in [-0.39, 0.29) is 17.7 Å². The summed E-state index contributed by atoms with van der Waals surface area (Å²) in [6, 6.07) is 27.8. The zero-order valence-electron chi connectivity index (χ0n) is 16.9. The highest BCUT2D eigenvalue weighted by atomic mass is 16.5. The standard InChI is InChI=1S/C26H27NO2/c1-20(13-14-21-9-5-3-6-10-21)25(23-15-17-24(29-2)18-16-23)26(28)27-19-22-11-7-4-8-12-22/h3-18,20,25H,19H2,1-2H3,(H,27,28)/b14-13+/t20-,25+/m1/s1. The fraction of sp³-hybridized carbons (Fsp3) is 0.192. The molecule has 29 heavy (non-hydrogen) atoms. The molecule has 3 rings (SSSR count). The third-order valence-electron chi connectivity index (χ3n) is 4.98. The van der Waals surface area contributed by atoms with Crippen LogP contribution >= 0.6 is 0 Å². The molecule has 0 bridgehead atoms. The first-order valence-electron chi connectivity index (χ1n) is 9.86. The maximum absolute atomic E-state index is 13.1. The number of nitrogens with one attached hydrogen (secondary N) is 1. The van der Waals surface area contributed by atoms with Crippen molar-refractivity contribution in [1.29, 1.82) is 0 Å². The van der Waals surface area contributed by atoms with E-state index in [1.54, 1.807) is 7.11 Å². The fourth-order valence-electron chi connectivity index (χ4n) is 3.34. The summed E-state index contributed by atoms with van der Waals surface area (Å²) in [5.74, 6) is 0.540. The molecule has 0 unspecified atom stereocenters. The highest BCUT2D eigenvalue weighted by molar-refractivity contribution is 5.84. The van der Waals surface area contributed by atoms with Gasteiger partial charge in [-0.05, 0) is 34.7 Å². The number of hydrogen-bond donors (Lipinski definition) is 1. The fourth-order valence-corrected chi connectivity index (χ4v) is 3.34. The molecule has 3 aromatic rings. The first-order valence-corrected chi connectivity index (χ1v) is 9.86. The van der Waals surface area contributed by atoms with E-state index in [9.17, 15) is 4.79 Å². The third-order valence-corrected chi connectivity index (χ3v) is 4.98. The van der Waals surface area contributed by atoms with Crippen molar-refractivity contribution in [2.75, 3.05) is 7.11 Å². The van der Waals surface area contributed by atoms with Gasteiger partial charge in [-0.2, -0.15) is 0 Å². The van der Waals surface area contributed by atoms with Gasteiger partial charge >= 0.3 is 0 Å². The number of carbonyl (C=O) groups excluding carboxylic acids is 1. The highest BCUT2D eigenvalue weighted by Crippen LogP contribution is 2.28. The second-order valence-corrected chi connectivity index (χ2v) is 7.08. The van der Waals surface area contributed by atoms with Gasteiger partial charge in [-0.15, -0.1) is 0 Å². The smallest absolute Gasteiger partial charge is 0.228 e. The minimum atomic E-state index is -0.287. The number of allylic oxidation sites excluding steroid dienone is 1. The molecule has 0 aromatic heterocycles. The molecule has 0 spiro atoms. The van der Waals surface area contributed by atoms with Gasteiger partial charge in [0.05, 0.1) is 13.0 Å². The lowest BCUT2D eigenvalue weighted by atomic mass is 9.85. The number of amides is 1. The van der Waals surface area contributed by atoms with Gasteiger partial charge in [0, 0.05) is 6.54 Å². The lowest BCUT2D eigenvalue weighted by Crippen LogP contribution is -2.32. The predicted octanol–water partition coefficient (Wildman–Crippen LogP) is 5.44. The minimum Gasteiger partial charge on any atom is -0.497 e. The number of rotatable bonds is 8. The van der Waals surface area contributed by atoms with Crippen LogP contribution in [0.2, 0.25) is 0 Å². The number of hydrogen-bond acceptors (Lipinski definition) is 2. The van der Waals surface area contributed by atoms with Crippen molar-refractivity contribution in [2.24, 2.45) is 5.92 Å². The van der Waals surface area contributed by atoms with Crippen molar-refractivity contribution in [1.82, 2.24) is 5.32 Å². The Bertz CT molecular complexity index is 918. The molecule has 3 heteroatoms. The zero-order valence-corrected chi connectivity index (χ0v) is 16.9. The van der Waals surface area contributed by atoms with Gasteiger partial charge in [-0.25, -0.2) is 0 Å². The van der Waals surface area contributed by atoms with Gasteiger partial charge in [0.15, 0.2) is 0 Å². The van der Waals surface area contributed by atoms with Crippen LogP contribution < -0.4 is 10.1 Å². The van der Waals surface area contributed by atoms with E-state index in [0.29, 0.717) is 6.54 Å². The molecule has 3 aromatic carbocycles. The average Bonchev–Trinajstić information content (AvgIpc) is 2.78. The maximum atomic E-state index is 13.1. The van der Waals surface area contributed by atoms with Crippen molar-refractivity contribution in [3.05, 3.63) is 108 Å². The Kier molecular flexibility index (Phi) is 7.23. The summed E-state index contributed by atoms with van der Waals surface area (Å²) in [7, 11) is 1.64. The van der Waals surface area contributed by atoms with Crippen molar-refractivity contribution in [3.8, 4) is 5.75 Å². The predicted molar refractivity (Wildman–Crippen MR) is 119 cm³/mol. The summed E-state index contributed by atoms with van der Waals surface area (Å²) >= 11 is 0. The molecule has 1 amide bonds. The van der Waals surface area contributed by atoms with Gasteiger partial charge in [-0.1, -0.05) is 91.9 Å². The molecular formula is C26H27NO2. The van der Waals surface area contributed by atoms with E-state index < -0.39 is 0 Å². The van der Waals surface area contributed by atoms with Gasteiger partial charge in [0.25, 0.3) is 0 Å². The van der Waals surface area contributed by atoms with Crippen LogP contribution in [0, 0.1) is 5.92 Å². The second-order valence-electron chi connectivity index (χ2n) is 7.08. The third kappa shape index (κ3) is 5.82. The SMILES string of the molecule is COc1ccc([C@@H](C(=O)NCc2ccccc2)[C@H](C)/C=C/c2ccccc2)cc1. The highest BCUT2D eigenvalue weighted by Gasteiger charge is 2.25. The molecule has 0 fully saturated rings. The lowest BCUT2D eigenvalue weighted by molar-refractivity contribution is -0.123. The zero-order chi connectivity index (χ0) is 20.5. The lowest BCUT2D eigenvalue weighted by Gasteiger charge is -2.22. The van der Waals surface area contributed by atoms with Crippen molar-refractivity contribution < 1.29 is 9.53 Å². The van der Waals surface area contributed by atoms with Crippen LogP contribution in [0.1, 0.15) is 29.5 Å². The molecule has 0 aliphatic heterocycles. The molecule has 0 saturated heterocycles. The Morgan fingerprint density at radius 2 is 1.55 bits per heavy atom. The summed E-state index contributed by atoms with van der Waals surface area (Å²) in [6.07, 6.45) is 4.18. The van der Waals surface area contributed by atoms with Crippen LogP contribution in [0.5, 0.6) is 5.75 Å². The Hall–Kier alpha value is -3.33. The topological polar surface area (TPSA) is 38.3 Å². The Morgan fingerprint density at radius 1 is 0.931 bits per heavy atom. The molecule has 0 aliphatic rings. The molecule has 0 aliphatic carbocycles. The average molecular weight is 386 g/mol. The first-order chi connectivity index (χ1) is 14.2. The first kappa shape index (κ1) is 20.4. The largest absolute Gasteiger partial charge is 0.497 e. The van der Waals surface area contributed by atoms with E-state index in [1.807, 2.05) is 72.8 Å². The molecule has 0 saturated carbocycles. The molecule has 0 radical (unpaired) electrons. The van der Waals surface area contributed by atoms with E-state index >= 15 is 0 Å². The minimum absolute atomic E-state index is 0.0178. The maximum Gasteiger partial charge on any atom is 0.228 e. The molecule has 3 nitrogen and oxygen atoms in total. The van der Waals surface area contributed by atoms with E-state index in [4.69, 9.17) is 4.74 Å². The normalized spacial score (nSPS) is 13.0. The summed E-state index contributed by atoms with van der Waals surface area (Å²) in [5.41, 5.74) is 3.18. The van der Waals surface area contributed by atoms with E-state index in [1.165, 1.54) is 0 Å². The molecule has 2 atom stereocenters. The van der Waals surface area contributed by atoms with Crippen molar-refractivity contribution in [3.63, 3.8) is 0 Å². The van der Waals surface area contributed by atoms with Gasteiger partial charge in [0.1, 0.15) is 5.75 Å². The summed E-state index contributed by atoms with van der Waals surface area (Å²) in [6.45, 7) is 2.60. The van der Waals surface area contributed by atoms with Gasteiger partial charge < -0.3 is 10.1 Å². The second kappa shape index (κ2) is 10.3. The van der Waals surface area contributed by atoms with Crippen LogP contribution in [0.4, 0.5) is 0 Å². The van der Waals surface area contributed by atoms with Crippen LogP contribution in [-0.4, -0.2) is 13.0 Å². The van der Waals surface area contributed by atoms with Crippen molar-refractivity contribution in [2.45, 2.75) is 19.4 Å². The van der Waals surface area contributed by atoms with E-state index in [2.05, 4.69) is 36.5 Å². The van der Waals surface area contributed by atoms with Crippen molar-refractivity contribution >= 4 is 12.0 Å². The van der Waals surface area contributed by atoms with Crippen LogP contribution in [0.3, 0.4) is 0 Å². The number of methoxy groups -OCH3 is 1. The molecule has 1 N–H and O–H groups in total. The number of carbonyl (C=O) groups is 1. The molecular weight excluding hydrogens is 358 g/mol. The van der Waals surface area contributed by atoms with Gasteiger partial charge in [-0.3, -0.25) is 4.79 Å². The summed E-state index contributed by atoms with van der Waals surface area (Å²) in [4.78, 5) is 13.1. The molecule has 148 valence electrons. The van der Waals surface area contributed by atoms with Crippen LogP contribution in [-0.2, 0) is 11.3 Å². The summed E-state index contributed by atoms with van der Waals surface area (Å²) < 4.78 is 5.27. The summed E-state index contributed by atoms with van der Waals surface area (Å²) in [5, 5.41) is 3.10. The van der Waals surface area contributed by atoms with Crippen LogP contribution in [0.15, 0.2) is 91.0 Å². The molecule has 0 heterocycles.